The predicted molar refractivity (Wildman–Crippen MR) is 241 cm³/mol. The van der Waals surface area contributed by atoms with E-state index in [1.165, 1.54) is 41.2 Å². The lowest BCUT2D eigenvalue weighted by molar-refractivity contribution is -0.386. The van der Waals surface area contributed by atoms with Crippen LogP contribution in [0.5, 0.6) is 11.5 Å². The molecule has 0 bridgehead atoms. The van der Waals surface area contributed by atoms with Gasteiger partial charge in [0.25, 0.3) is 16.9 Å². The van der Waals surface area contributed by atoms with E-state index in [0.717, 1.165) is 5.56 Å². The highest BCUT2D eigenvalue weighted by Crippen LogP contribution is 2.43. The minimum Gasteiger partial charge on any atom is -0.497 e. The van der Waals surface area contributed by atoms with Gasteiger partial charge < -0.3 is 38.3 Å². The molecule has 1 aliphatic heterocycles. The molecule has 8 rings (SSSR count). The number of nitrogens with zero attached hydrogens (tertiary/aromatic N) is 5. The van der Waals surface area contributed by atoms with Crippen molar-refractivity contribution in [2.24, 2.45) is 0 Å². The zero-order valence-electron chi connectivity index (χ0n) is 36.3. The number of methoxy groups -OCH3 is 2. The number of hydrogen-bond donors (Lipinski definition) is 3. The van der Waals surface area contributed by atoms with Crippen LogP contribution in [0.25, 0.3) is 11.2 Å². The molecular weight excluding hydrogens is 887 g/mol. The molecule has 3 heterocycles. The number of aromatic nitrogens is 4. The summed E-state index contributed by atoms with van der Waals surface area (Å²) in [6.07, 6.45) is -4.99. The number of aliphatic hydroxyl groups excluding tert-OH is 1. The minimum absolute atomic E-state index is 0.106. The van der Waals surface area contributed by atoms with Crippen molar-refractivity contribution in [2.75, 3.05) is 32.9 Å². The Labute approximate surface area is 386 Å². The van der Waals surface area contributed by atoms with Gasteiger partial charge in [0.15, 0.2) is 17.4 Å². The van der Waals surface area contributed by atoms with Crippen LogP contribution in [0, 0.1) is 20.2 Å². The number of hydrogen-bond acceptors (Lipinski definition) is 16. The molecule has 0 saturated carbocycles. The lowest BCUT2D eigenvalue weighted by Gasteiger charge is -2.37. The van der Waals surface area contributed by atoms with Gasteiger partial charge in [-0.15, -0.1) is 0 Å². The molecule has 21 heteroatoms. The molecule has 5 aromatic carbocycles. The maximum atomic E-state index is 13.4. The number of nitro groups is 2. The standard InChI is InChI=1S/C47H43N7O14/c1-62-34-20-16-32(17-21-34)47(31-12-4-3-5-13-31,33-18-22-35(63-2)23-19-33)67-26-38-40(55)41(66-28-64-24-29-10-6-8-14-36(29)53(58)59)44(68-38)52-27-48-39-42(52)49-45(50-43(39)56)51-46(57)65-25-30-11-7-9-15-37(30)54(60)61/h3-23,27,38,40-41,44,55H,24-26,28H2,1-2H3,(H2,49,50,51,56,57)/t38-,40-,41-,44-/m1/s1. The second-order valence-corrected chi connectivity index (χ2v) is 15.2. The number of ether oxygens (including phenoxy) is 7. The van der Waals surface area contributed by atoms with Crippen LogP contribution in [0.2, 0.25) is 0 Å². The summed E-state index contributed by atoms with van der Waals surface area (Å²) in [6.45, 7) is -1.42. The monoisotopic (exact) mass is 929 g/mol. The van der Waals surface area contributed by atoms with Crippen LogP contribution in [0.3, 0.4) is 0 Å². The first kappa shape index (κ1) is 46.4. The molecule has 1 saturated heterocycles. The van der Waals surface area contributed by atoms with Crippen LogP contribution >= 0.6 is 0 Å². The topological polar surface area (TPSA) is 264 Å². The first-order valence-corrected chi connectivity index (χ1v) is 20.9. The Kier molecular flexibility index (Phi) is 14.1. The van der Waals surface area contributed by atoms with E-state index in [2.05, 4.69) is 20.3 Å². The van der Waals surface area contributed by atoms with Gasteiger partial charge in [0.2, 0.25) is 5.95 Å². The summed E-state index contributed by atoms with van der Waals surface area (Å²) in [7, 11) is 3.13. The third-order valence-electron chi connectivity index (χ3n) is 11.2. The van der Waals surface area contributed by atoms with Gasteiger partial charge in [-0.1, -0.05) is 78.9 Å². The summed E-state index contributed by atoms with van der Waals surface area (Å²) in [4.78, 5) is 59.4. The van der Waals surface area contributed by atoms with E-state index in [9.17, 15) is 34.9 Å². The largest absolute Gasteiger partial charge is 0.497 e. The fraction of sp³-hybridized carbons (Fsp3) is 0.234. The van der Waals surface area contributed by atoms with Gasteiger partial charge in [-0.3, -0.25) is 39.9 Å². The molecule has 1 fully saturated rings. The number of para-hydroxylation sites is 2. The number of carbonyl (C=O) groups is 1. The number of aromatic amines is 1. The van der Waals surface area contributed by atoms with Crippen LogP contribution in [-0.2, 0) is 42.5 Å². The third-order valence-corrected chi connectivity index (χ3v) is 11.2. The molecule has 1 aliphatic rings. The summed E-state index contributed by atoms with van der Waals surface area (Å²) in [5, 5.41) is 37.6. The van der Waals surface area contributed by atoms with Gasteiger partial charge in [-0.05, 0) is 53.1 Å². The molecule has 21 nitrogen and oxygen atoms in total. The van der Waals surface area contributed by atoms with Crippen molar-refractivity contribution in [1.82, 2.24) is 19.5 Å². The van der Waals surface area contributed by atoms with E-state index < -0.39 is 65.0 Å². The number of aliphatic hydroxyl groups is 1. The highest BCUT2D eigenvalue weighted by molar-refractivity contribution is 5.83. The molecule has 0 unspecified atom stereocenters. The van der Waals surface area contributed by atoms with Crippen molar-refractivity contribution < 1.29 is 52.9 Å². The molecule has 0 aliphatic carbocycles. The Bertz CT molecular complexity index is 2900. The molecule has 7 aromatic rings. The van der Waals surface area contributed by atoms with Crippen molar-refractivity contribution in [1.29, 1.82) is 0 Å². The number of fused-ring (bicyclic) bond motifs is 1. The smallest absolute Gasteiger partial charge is 0.414 e. The van der Waals surface area contributed by atoms with Crippen molar-refractivity contribution in [3.63, 3.8) is 0 Å². The Hall–Kier alpha value is -8.08. The van der Waals surface area contributed by atoms with Crippen LogP contribution in [0.4, 0.5) is 22.1 Å². The average molecular weight is 930 g/mol. The molecule has 0 spiro atoms. The average Bonchev–Trinajstić information content (AvgIpc) is 3.93. The van der Waals surface area contributed by atoms with E-state index in [4.69, 9.17) is 33.2 Å². The molecule has 2 aromatic heterocycles. The highest BCUT2D eigenvalue weighted by atomic mass is 16.7. The maximum Gasteiger partial charge on any atom is 0.414 e. The van der Waals surface area contributed by atoms with Gasteiger partial charge >= 0.3 is 6.09 Å². The first-order valence-electron chi connectivity index (χ1n) is 20.9. The van der Waals surface area contributed by atoms with Crippen molar-refractivity contribution >= 4 is 34.6 Å². The van der Waals surface area contributed by atoms with Gasteiger partial charge in [0, 0.05) is 12.1 Å². The molecule has 4 atom stereocenters. The normalized spacial score (nSPS) is 16.9. The number of nitro benzene ring substituents is 2. The zero-order valence-corrected chi connectivity index (χ0v) is 36.3. The van der Waals surface area contributed by atoms with Gasteiger partial charge in [-0.2, -0.15) is 4.98 Å². The van der Waals surface area contributed by atoms with E-state index in [-0.39, 0.29) is 52.8 Å². The lowest BCUT2D eigenvalue weighted by atomic mass is 9.80. The van der Waals surface area contributed by atoms with Crippen molar-refractivity contribution in [3.8, 4) is 11.5 Å². The van der Waals surface area contributed by atoms with Crippen LogP contribution in [-0.4, -0.2) is 86.5 Å². The van der Waals surface area contributed by atoms with Crippen molar-refractivity contribution in [2.45, 2.75) is 43.4 Å². The van der Waals surface area contributed by atoms with E-state index in [1.807, 2.05) is 78.9 Å². The highest BCUT2D eigenvalue weighted by Gasteiger charge is 2.48. The summed E-state index contributed by atoms with van der Waals surface area (Å²) in [5.41, 5.74) is -0.204. The summed E-state index contributed by atoms with van der Waals surface area (Å²) < 4.78 is 43.1. The first-order chi connectivity index (χ1) is 33.0. The molecule has 68 heavy (non-hydrogen) atoms. The number of benzene rings is 5. The summed E-state index contributed by atoms with van der Waals surface area (Å²) >= 11 is 0. The lowest BCUT2D eigenvalue weighted by Crippen LogP contribution is -2.40. The zero-order chi connectivity index (χ0) is 47.8. The molecular formula is C47H43N7O14. The number of anilines is 1. The molecule has 3 N–H and O–H groups in total. The SMILES string of the molecule is COc1ccc(C(OC[C@H]2O[C@@H](n3cnc4c(=O)[nH]c(NC(=O)OCc5ccccc5[N+](=O)[O-])nc43)[C@H](OCOCc3ccccc3[N+](=O)[O-])[C@@H]2O)(c2ccccc2)c2ccc(OC)cc2)cc1. The Balaban J connectivity index is 1.11. The quantitative estimate of drug-likeness (QED) is 0.0256. The predicted octanol–water partition coefficient (Wildman–Crippen LogP) is 6.53. The number of carbonyl (C=O) groups excluding carboxylic acids is 1. The fourth-order valence-electron chi connectivity index (χ4n) is 7.89. The summed E-state index contributed by atoms with van der Waals surface area (Å²) in [5.74, 6) is 0.855. The number of nitrogens with one attached hydrogen (secondary N) is 2. The second kappa shape index (κ2) is 20.6. The Morgan fingerprint density at radius 1 is 0.809 bits per heavy atom. The molecule has 0 radical (unpaired) electrons. The molecule has 1 amide bonds. The van der Waals surface area contributed by atoms with Gasteiger partial charge in [0.1, 0.15) is 48.8 Å². The Morgan fingerprint density at radius 3 is 1.96 bits per heavy atom. The van der Waals surface area contributed by atoms with Crippen LogP contribution in [0.1, 0.15) is 34.0 Å². The minimum atomic E-state index is -1.45. The number of H-pyrrole nitrogens is 1. The fourth-order valence-corrected chi connectivity index (χ4v) is 7.89. The number of amides is 1. The Morgan fingerprint density at radius 2 is 1.37 bits per heavy atom. The maximum absolute atomic E-state index is 13.4. The van der Waals surface area contributed by atoms with Crippen LogP contribution < -0.4 is 20.3 Å². The van der Waals surface area contributed by atoms with Gasteiger partial charge in [-0.25, -0.2) is 9.78 Å². The van der Waals surface area contributed by atoms with Gasteiger partial charge in [0.05, 0.1) is 54.7 Å². The third kappa shape index (κ3) is 9.72. The molecule has 350 valence electrons. The van der Waals surface area contributed by atoms with E-state index in [1.54, 1.807) is 32.4 Å². The van der Waals surface area contributed by atoms with E-state index >= 15 is 0 Å². The second-order valence-electron chi connectivity index (χ2n) is 15.2. The van der Waals surface area contributed by atoms with Crippen LogP contribution in [0.15, 0.2) is 139 Å². The van der Waals surface area contributed by atoms with E-state index in [0.29, 0.717) is 22.6 Å². The summed E-state index contributed by atoms with van der Waals surface area (Å²) in [6, 6.07) is 36.0. The number of imidazole rings is 1. The van der Waals surface area contributed by atoms with Crippen molar-refractivity contribution in [3.05, 3.63) is 192 Å². The number of rotatable bonds is 19.